The smallest absolute Gasteiger partial charge is 0.0440 e. The molecular formula is C14H24N2S. The molecule has 0 amide bonds. The van der Waals surface area contributed by atoms with Crippen molar-refractivity contribution in [1.82, 2.24) is 10.2 Å². The van der Waals surface area contributed by atoms with Crippen LogP contribution < -0.4 is 5.32 Å². The minimum Gasteiger partial charge on any atom is -0.311 e. The number of nitrogens with one attached hydrogen (secondary N) is 1. The lowest BCUT2D eigenvalue weighted by Crippen LogP contribution is -2.53. The Morgan fingerprint density at radius 1 is 1.53 bits per heavy atom. The molecule has 2 rings (SSSR count). The molecule has 2 atom stereocenters. The van der Waals surface area contributed by atoms with Gasteiger partial charge in [-0.15, -0.1) is 11.3 Å². The van der Waals surface area contributed by atoms with E-state index in [2.05, 4.69) is 48.5 Å². The van der Waals surface area contributed by atoms with Crippen molar-refractivity contribution in [3.63, 3.8) is 0 Å². The van der Waals surface area contributed by atoms with E-state index in [0.29, 0.717) is 12.1 Å². The third-order valence-corrected chi connectivity index (χ3v) is 4.71. The number of hydrogen-bond donors (Lipinski definition) is 1. The molecule has 1 aliphatic rings. The van der Waals surface area contributed by atoms with E-state index in [1.165, 1.54) is 24.4 Å². The van der Waals surface area contributed by atoms with Crippen LogP contribution in [-0.4, -0.2) is 30.6 Å². The van der Waals surface area contributed by atoms with E-state index in [1.54, 1.807) is 0 Å². The van der Waals surface area contributed by atoms with Gasteiger partial charge in [0.2, 0.25) is 0 Å². The number of piperazine rings is 1. The van der Waals surface area contributed by atoms with E-state index in [-0.39, 0.29) is 0 Å². The fourth-order valence-corrected chi connectivity index (χ4v) is 3.60. The molecule has 3 heteroatoms. The van der Waals surface area contributed by atoms with Crippen molar-refractivity contribution in [3.05, 3.63) is 22.4 Å². The van der Waals surface area contributed by atoms with Crippen LogP contribution in [0.1, 0.15) is 38.1 Å². The molecule has 0 spiro atoms. The van der Waals surface area contributed by atoms with Crippen LogP contribution in [-0.2, 0) is 0 Å². The van der Waals surface area contributed by atoms with E-state index in [9.17, 15) is 0 Å². The molecule has 0 aromatic carbocycles. The predicted octanol–water partition coefficient (Wildman–Crippen LogP) is 3.13. The summed E-state index contributed by atoms with van der Waals surface area (Å²) in [4.78, 5) is 4.18. The van der Waals surface area contributed by atoms with E-state index in [4.69, 9.17) is 0 Å². The topological polar surface area (TPSA) is 15.3 Å². The first kappa shape index (κ1) is 13.1. The van der Waals surface area contributed by atoms with Crippen molar-refractivity contribution in [2.75, 3.05) is 19.6 Å². The van der Waals surface area contributed by atoms with Crippen molar-refractivity contribution < 1.29 is 0 Å². The normalized spacial score (nSPS) is 24.1. The summed E-state index contributed by atoms with van der Waals surface area (Å²) in [7, 11) is 0. The van der Waals surface area contributed by atoms with Gasteiger partial charge in [-0.25, -0.2) is 0 Å². The van der Waals surface area contributed by atoms with Gasteiger partial charge in [0.15, 0.2) is 0 Å². The van der Waals surface area contributed by atoms with Gasteiger partial charge >= 0.3 is 0 Å². The second-order valence-corrected chi connectivity index (χ2v) is 6.22. The summed E-state index contributed by atoms with van der Waals surface area (Å²) in [5.41, 5.74) is 0. The van der Waals surface area contributed by atoms with Crippen LogP contribution in [0.2, 0.25) is 0 Å². The Morgan fingerprint density at radius 3 is 2.94 bits per heavy atom. The van der Waals surface area contributed by atoms with Crippen molar-refractivity contribution >= 4 is 11.3 Å². The fourth-order valence-electron chi connectivity index (χ4n) is 2.65. The average molecular weight is 252 g/mol. The summed E-state index contributed by atoms with van der Waals surface area (Å²) in [6, 6.07) is 5.73. The van der Waals surface area contributed by atoms with Crippen LogP contribution in [0.5, 0.6) is 0 Å². The molecule has 1 saturated heterocycles. The highest BCUT2D eigenvalue weighted by molar-refractivity contribution is 7.10. The average Bonchev–Trinajstić information content (AvgIpc) is 2.84. The SMILES string of the molecule is CCC(c1cccs1)N1CCNC(C(C)C)C1. The summed E-state index contributed by atoms with van der Waals surface area (Å²) < 4.78 is 0. The quantitative estimate of drug-likeness (QED) is 0.885. The second kappa shape index (κ2) is 5.98. The zero-order chi connectivity index (χ0) is 12.3. The molecule has 2 nitrogen and oxygen atoms in total. The summed E-state index contributed by atoms with van der Waals surface area (Å²) in [6.45, 7) is 10.4. The summed E-state index contributed by atoms with van der Waals surface area (Å²) in [6.07, 6.45) is 1.21. The van der Waals surface area contributed by atoms with Gasteiger partial charge in [-0.3, -0.25) is 4.90 Å². The molecule has 2 heterocycles. The maximum atomic E-state index is 3.63. The molecule has 1 aromatic rings. The molecule has 2 unspecified atom stereocenters. The van der Waals surface area contributed by atoms with Gasteiger partial charge in [0.05, 0.1) is 0 Å². The van der Waals surface area contributed by atoms with Crippen molar-refractivity contribution in [2.45, 2.75) is 39.3 Å². The third kappa shape index (κ3) is 3.09. The van der Waals surface area contributed by atoms with Gasteiger partial charge in [0, 0.05) is 36.6 Å². The molecule has 0 bridgehead atoms. The van der Waals surface area contributed by atoms with Crippen LogP contribution in [0.4, 0.5) is 0 Å². The first-order valence-electron chi connectivity index (χ1n) is 6.73. The van der Waals surface area contributed by atoms with Crippen LogP contribution >= 0.6 is 11.3 Å². The first-order chi connectivity index (χ1) is 8.22. The Balaban J connectivity index is 2.04. The van der Waals surface area contributed by atoms with Crippen molar-refractivity contribution in [2.24, 2.45) is 5.92 Å². The Bertz CT molecular complexity index is 321. The minimum atomic E-state index is 0.623. The zero-order valence-corrected chi connectivity index (χ0v) is 12.0. The summed E-state index contributed by atoms with van der Waals surface area (Å²) >= 11 is 1.90. The Kier molecular flexibility index (Phi) is 4.60. The lowest BCUT2D eigenvalue weighted by molar-refractivity contribution is 0.125. The molecule has 1 fully saturated rings. The number of thiophene rings is 1. The highest BCUT2D eigenvalue weighted by atomic mass is 32.1. The molecule has 0 saturated carbocycles. The number of hydrogen-bond acceptors (Lipinski definition) is 3. The molecule has 1 aliphatic heterocycles. The van der Waals surface area contributed by atoms with Crippen LogP contribution in [0.15, 0.2) is 17.5 Å². The fraction of sp³-hybridized carbons (Fsp3) is 0.714. The third-order valence-electron chi connectivity index (χ3n) is 3.74. The Hall–Kier alpha value is -0.380. The summed E-state index contributed by atoms with van der Waals surface area (Å²) in [5.74, 6) is 0.721. The predicted molar refractivity (Wildman–Crippen MR) is 75.6 cm³/mol. The number of rotatable bonds is 4. The number of nitrogens with zero attached hydrogens (tertiary/aromatic N) is 1. The molecule has 0 radical (unpaired) electrons. The van der Waals surface area contributed by atoms with Crippen LogP contribution in [0.25, 0.3) is 0 Å². The lowest BCUT2D eigenvalue weighted by Gasteiger charge is -2.39. The standard InChI is InChI=1S/C14H24N2S/c1-4-13(14-6-5-9-17-14)16-8-7-15-12(10-16)11(2)3/h5-6,9,11-13,15H,4,7-8,10H2,1-3H3. The van der Waals surface area contributed by atoms with Crippen LogP contribution in [0, 0.1) is 5.92 Å². The second-order valence-electron chi connectivity index (χ2n) is 5.24. The van der Waals surface area contributed by atoms with Crippen molar-refractivity contribution in [1.29, 1.82) is 0 Å². The Labute approximate surface area is 109 Å². The zero-order valence-electron chi connectivity index (χ0n) is 11.1. The van der Waals surface area contributed by atoms with Gasteiger partial charge < -0.3 is 5.32 Å². The van der Waals surface area contributed by atoms with Crippen LogP contribution in [0.3, 0.4) is 0 Å². The van der Waals surface area contributed by atoms with Gasteiger partial charge in [-0.05, 0) is 23.8 Å². The molecular weight excluding hydrogens is 228 g/mol. The maximum Gasteiger partial charge on any atom is 0.0440 e. The molecule has 96 valence electrons. The molecule has 0 aliphatic carbocycles. The highest BCUT2D eigenvalue weighted by Crippen LogP contribution is 2.29. The largest absolute Gasteiger partial charge is 0.311 e. The Morgan fingerprint density at radius 2 is 2.35 bits per heavy atom. The highest BCUT2D eigenvalue weighted by Gasteiger charge is 2.27. The molecule has 1 N–H and O–H groups in total. The first-order valence-corrected chi connectivity index (χ1v) is 7.61. The van der Waals surface area contributed by atoms with E-state index >= 15 is 0 Å². The molecule has 17 heavy (non-hydrogen) atoms. The monoisotopic (exact) mass is 252 g/mol. The van der Waals surface area contributed by atoms with Crippen molar-refractivity contribution in [3.8, 4) is 0 Å². The van der Waals surface area contributed by atoms with Gasteiger partial charge in [0.1, 0.15) is 0 Å². The molecule has 1 aromatic heterocycles. The van der Waals surface area contributed by atoms with Gasteiger partial charge in [-0.2, -0.15) is 0 Å². The minimum absolute atomic E-state index is 0.623. The van der Waals surface area contributed by atoms with E-state index < -0.39 is 0 Å². The van der Waals surface area contributed by atoms with E-state index in [0.717, 1.165) is 12.5 Å². The lowest BCUT2D eigenvalue weighted by atomic mass is 10.00. The maximum absolute atomic E-state index is 3.63. The van der Waals surface area contributed by atoms with Gasteiger partial charge in [-0.1, -0.05) is 26.8 Å². The van der Waals surface area contributed by atoms with E-state index in [1.807, 2.05) is 11.3 Å². The summed E-state index contributed by atoms with van der Waals surface area (Å²) in [5, 5.41) is 5.83. The van der Waals surface area contributed by atoms with Gasteiger partial charge in [0.25, 0.3) is 0 Å².